The highest BCUT2D eigenvalue weighted by Gasteiger charge is 2.70. The van der Waals surface area contributed by atoms with Crippen molar-refractivity contribution in [3.63, 3.8) is 0 Å². The molecule has 5 rings (SSSR count). The lowest BCUT2D eigenvalue weighted by Gasteiger charge is -2.72. The highest BCUT2D eigenvalue weighted by molar-refractivity contribution is 5.90. The van der Waals surface area contributed by atoms with Crippen LogP contribution >= 0.6 is 0 Å². The number of ether oxygens (including phenoxy) is 1. The van der Waals surface area contributed by atoms with Crippen LogP contribution in [0.25, 0.3) is 0 Å². The van der Waals surface area contributed by atoms with Gasteiger partial charge < -0.3 is 20.3 Å². The Bertz CT molecular complexity index is 1430. The van der Waals surface area contributed by atoms with Crippen molar-refractivity contribution in [2.75, 3.05) is 0 Å². The molecule has 0 unspecified atom stereocenters. The minimum Gasteiger partial charge on any atom is -0.481 e. The Morgan fingerprint density at radius 2 is 1.48 bits per heavy atom. The monoisotopic (exact) mass is 697 g/mol. The number of hydrogen-bond donors (Lipinski definition) is 3. The topological polar surface area (TPSA) is 130 Å². The zero-order valence-electron chi connectivity index (χ0n) is 33.0. The van der Waals surface area contributed by atoms with Gasteiger partial charge in [0.05, 0.1) is 17.3 Å². The summed E-state index contributed by atoms with van der Waals surface area (Å²) in [4.78, 5) is 51.5. The van der Waals surface area contributed by atoms with Gasteiger partial charge in [0.25, 0.3) is 0 Å². The second-order valence-electron chi connectivity index (χ2n) is 20.5. The Labute approximate surface area is 301 Å². The number of carbonyl (C=O) groups is 4. The van der Waals surface area contributed by atoms with Crippen LogP contribution < -0.4 is 5.32 Å². The maximum atomic E-state index is 14.5. The molecule has 1 amide bonds. The van der Waals surface area contributed by atoms with E-state index in [-0.39, 0.29) is 57.3 Å². The lowest BCUT2D eigenvalue weighted by Crippen LogP contribution is -2.67. The van der Waals surface area contributed by atoms with E-state index in [9.17, 15) is 29.4 Å². The fourth-order valence-corrected chi connectivity index (χ4v) is 12.6. The maximum Gasteiger partial charge on any atom is 0.326 e. The van der Waals surface area contributed by atoms with Crippen LogP contribution in [0.1, 0.15) is 153 Å². The van der Waals surface area contributed by atoms with Gasteiger partial charge in [-0.3, -0.25) is 14.4 Å². The van der Waals surface area contributed by atoms with Crippen molar-refractivity contribution in [1.82, 2.24) is 5.32 Å². The largest absolute Gasteiger partial charge is 0.481 e. The van der Waals surface area contributed by atoms with E-state index in [1.165, 1.54) is 5.57 Å². The molecule has 5 aliphatic rings. The number of carboxylic acids is 2. The molecule has 9 atom stereocenters. The molecule has 0 aliphatic heterocycles. The van der Waals surface area contributed by atoms with Crippen LogP contribution in [0.5, 0.6) is 0 Å². The van der Waals surface area contributed by atoms with Gasteiger partial charge in [0.15, 0.2) is 0 Å². The van der Waals surface area contributed by atoms with Gasteiger partial charge in [-0.2, -0.15) is 0 Å². The normalized spacial score (nSPS) is 39.4. The standard InChI is InChI=1S/C42H67NO7/c1-25(2)22-28(33(45)46)43-34(47)42-20-18-36(3,4)23-27(42)26-12-13-30-39(9)16-15-31(50-32(44)24-37(5,6)35(48)49)38(7,8)29(39)14-17-41(30,11)40(26,10)19-21-42/h23,25-26,28-31H,12-22,24H2,1-11H3,(H,43,47)(H,45,46)(H,48,49)/t26-,28-,29+,30-,31+,39+,40-,41-,42+/m1/s1. The van der Waals surface area contributed by atoms with E-state index < -0.39 is 34.8 Å². The first-order valence-corrected chi connectivity index (χ1v) is 19.6. The van der Waals surface area contributed by atoms with Crippen LogP contribution in [-0.4, -0.2) is 46.2 Å². The fraction of sp³-hybridized carbons (Fsp3) is 0.857. The Kier molecular flexibility index (Phi) is 9.82. The first-order valence-electron chi connectivity index (χ1n) is 19.6. The molecular formula is C42H67NO7. The predicted octanol–water partition coefficient (Wildman–Crippen LogP) is 8.82. The molecular weight excluding hydrogens is 630 g/mol. The molecule has 0 aromatic carbocycles. The fourth-order valence-electron chi connectivity index (χ4n) is 12.6. The van der Waals surface area contributed by atoms with Crippen molar-refractivity contribution in [1.29, 1.82) is 0 Å². The highest BCUT2D eigenvalue weighted by atomic mass is 16.5. The summed E-state index contributed by atoms with van der Waals surface area (Å²) in [5.41, 5.74) is -0.714. The molecule has 5 aliphatic carbocycles. The molecule has 0 aromatic heterocycles. The summed E-state index contributed by atoms with van der Waals surface area (Å²) < 4.78 is 6.14. The van der Waals surface area contributed by atoms with E-state index in [4.69, 9.17) is 4.74 Å². The molecule has 0 heterocycles. The Hall–Kier alpha value is -2.38. The van der Waals surface area contributed by atoms with Crippen molar-refractivity contribution >= 4 is 23.8 Å². The summed E-state index contributed by atoms with van der Waals surface area (Å²) in [6, 6.07) is -0.883. The maximum absolute atomic E-state index is 14.5. The van der Waals surface area contributed by atoms with E-state index in [0.29, 0.717) is 18.3 Å². The average molecular weight is 698 g/mol. The number of hydrogen-bond acceptors (Lipinski definition) is 5. The second-order valence-corrected chi connectivity index (χ2v) is 20.5. The van der Waals surface area contributed by atoms with E-state index in [1.807, 2.05) is 13.8 Å². The van der Waals surface area contributed by atoms with E-state index in [0.717, 1.165) is 64.2 Å². The number of amides is 1. The Morgan fingerprint density at radius 3 is 2.08 bits per heavy atom. The number of carbonyl (C=O) groups excluding carboxylic acids is 2. The first kappa shape index (κ1) is 38.8. The van der Waals surface area contributed by atoms with Crippen LogP contribution in [0.2, 0.25) is 0 Å². The van der Waals surface area contributed by atoms with Gasteiger partial charge >= 0.3 is 17.9 Å². The molecule has 3 N–H and O–H groups in total. The summed E-state index contributed by atoms with van der Waals surface area (Å²) in [7, 11) is 0. The number of aliphatic carboxylic acids is 2. The summed E-state index contributed by atoms with van der Waals surface area (Å²) in [5, 5.41) is 22.7. The molecule has 0 radical (unpaired) electrons. The van der Waals surface area contributed by atoms with Crippen LogP contribution in [0.4, 0.5) is 0 Å². The van der Waals surface area contributed by atoms with Gasteiger partial charge in [-0.1, -0.05) is 74.0 Å². The lowest BCUT2D eigenvalue weighted by atomic mass is 9.32. The molecule has 0 aromatic rings. The Morgan fingerprint density at radius 1 is 0.840 bits per heavy atom. The molecule has 8 heteroatoms. The highest BCUT2D eigenvalue weighted by Crippen LogP contribution is 2.76. The molecule has 8 nitrogen and oxygen atoms in total. The quantitative estimate of drug-likeness (QED) is 0.162. The number of rotatable bonds is 9. The van der Waals surface area contributed by atoms with Gasteiger partial charge in [0, 0.05) is 5.41 Å². The third-order valence-corrected chi connectivity index (χ3v) is 15.7. The van der Waals surface area contributed by atoms with E-state index >= 15 is 0 Å². The van der Waals surface area contributed by atoms with Crippen molar-refractivity contribution < 1.29 is 34.1 Å². The van der Waals surface area contributed by atoms with Crippen molar-refractivity contribution in [2.45, 2.75) is 165 Å². The molecule has 282 valence electrons. The smallest absolute Gasteiger partial charge is 0.326 e. The number of nitrogens with one attached hydrogen (secondary N) is 1. The number of esters is 1. The van der Waals surface area contributed by atoms with Crippen LogP contribution in [0.15, 0.2) is 11.6 Å². The van der Waals surface area contributed by atoms with Crippen LogP contribution in [-0.2, 0) is 23.9 Å². The SMILES string of the molecule is CC(C)C[C@@H](NC(=O)[C@]12CCC(C)(C)C=C1[C@H]1CC[C@@H]3[C@@]4(C)CC[C@H](OC(=O)CC(C)(C)C(=O)O)C(C)(C)[C@@H]4CC[C@@]3(C)[C@]1(C)CC2)C(=O)O. The second kappa shape index (κ2) is 12.6. The summed E-state index contributed by atoms with van der Waals surface area (Å²) >= 11 is 0. The molecule has 4 saturated carbocycles. The van der Waals surface area contributed by atoms with Crippen molar-refractivity contribution in [3.05, 3.63) is 11.6 Å². The summed E-state index contributed by atoms with van der Waals surface area (Å²) in [5.74, 6) is -1.19. The van der Waals surface area contributed by atoms with Gasteiger partial charge in [-0.05, 0) is 130 Å². The molecule has 50 heavy (non-hydrogen) atoms. The summed E-state index contributed by atoms with van der Waals surface area (Å²) in [6.45, 7) is 23.8. The number of allylic oxidation sites excluding steroid dienone is 1. The third kappa shape index (κ3) is 6.14. The third-order valence-electron chi connectivity index (χ3n) is 15.7. The molecule has 0 bridgehead atoms. The van der Waals surface area contributed by atoms with Crippen LogP contribution in [0, 0.1) is 61.6 Å². The van der Waals surface area contributed by atoms with Crippen molar-refractivity contribution in [3.8, 4) is 0 Å². The summed E-state index contributed by atoms with van der Waals surface area (Å²) in [6.07, 6.45) is 11.8. The van der Waals surface area contributed by atoms with Gasteiger partial charge in [0.2, 0.25) is 5.91 Å². The average Bonchev–Trinajstić information content (AvgIpc) is 2.97. The molecule has 0 spiro atoms. The lowest BCUT2D eigenvalue weighted by molar-refractivity contribution is -0.234. The van der Waals surface area contributed by atoms with Gasteiger partial charge in [-0.25, -0.2) is 4.79 Å². The number of carboxylic acid groups (broad SMARTS) is 2. The zero-order chi connectivity index (χ0) is 37.5. The first-order chi connectivity index (χ1) is 22.9. The minimum absolute atomic E-state index is 0.00701. The number of fused-ring (bicyclic) bond motifs is 7. The molecule has 4 fully saturated rings. The van der Waals surface area contributed by atoms with Crippen molar-refractivity contribution in [2.24, 2.45) is 61.6 Å². The van der Waals surface area contributed by atoms with E-state index in [1.54, 1.807) is 13.8 Å². The van der Waals surface area contributed by atoms with Crippen LogP contribution in [0.3, 0.4) is 0 Å². The molecule has 0 saturated heterocycles. The Balaban J connectivity index is 1.43. The predicted molar refractivity (Wildman–Crippen MR) is 194 cm³/mol. The van der Waals surface area contributed by atoms with Gasteiger partial charge in [0.1, 0.15) is 12.1 Å². The van der Waals surface area contributed by atoms with Gasteiger partial charge in [-0.15, -0.1) is 0 Å². The zero-order valence-corrected chi connectivity index (χ0v) is 33.0. The van der Waals surface area contributed by atoms with E-state index in [2.05, 4.69) is 59.9 Å². The minimum atomic E-state index is -1.17.